The van der Waals surface area contributed by atoms with Crippen LogP contribution >= 0.6 is 0 Å². The summed E-state index contributed by atoms with van der Waals surface area (Å²) in [6.45, 7) is 26.6. The highest BCUT2D eigenvalue weighted by atomic mass is 15.2. The SMILES string of the molecule is C=C(/C=C(\C=C/C)N(c1ccc(C)cc1)c1ccc(C)cc1)c1cc(N(c2ccc(C)cc2)c2ccc(C)cc2)ccc1NC(CCC)n1c2ccc(N(c3ccc(C)cc3)c3ccc(C)cc3)cc2c2cc(N(c3ccc(C)cc3)c3ccc(C)cc3)ccc21. The predicted octanol–water partition coefficient (Wildman–Crippen LogP) is 24.4. The number of fused-ring (bicyclic) bond motifs is 3. The summed E-state index contributed by atoms with van der Waals surface area (Å²) in [6.07, 6.45) is 8.14. The summed E-state index contributed by atoms with van der Waals surface area (Å²) in [5.41, 5.74) is 27.6. The lowest BCUT2D eigenvalue weighted by Crippen LogP contribution is -2.19. The van der Waals surface area contributed by atoms with Crippen LogP contribution < -0.4 is 24.9 Å². The van der Waals surface area contributed by atoms with Crippen LogP contribution in [0.5, 0.6) is 0 Å². The van der Waals surface area contributed by atoms with Crippen molar-refractivity contribution in [3.05, 3.63) is 329 Å². The monoisotopic (exact) mass is 1190 g/mol. The van der Waals surface area contributed by atoms with Crippen LogP contribution in [0.2, 0.25) is 0 Å². The fraction of sp³-hybridized carbons (Fsp3) is 0.153. The Kier molecular flexibility index (Phi) is 17.8. The highest BCUT2D eigenvalue weighted by Crippen LogP contribution is 2.46. The molecule has 1 atom stereocenters. The smallest absolute Gasteiger partial charge is 0.104 e. The van der Waals surface area contributed by atoms with Crippen LogP contribution in [0.25, 0.3) is 27.4 Å². The molecule has 0 aliphatic carbocycles. The summed E-state index contributed by atoms with van der Waals surface area (Å²) in [7, 11) is 0. The van der Waals surface area contributed by atoms with E-state index in [2.05, 4.69) is 366 Å². The molecule has 1 aromatic heterocycles. The van der Waals surface area contributed by atoms with E-state index in [0.29, 0.717) is 0 Å². The van der Waals surface area contributed by atoms with Crippen molar-refractivity contribution >= 4 is 95.6 Å². The molecule has 0 radical (unpaired) electrons. The third kappa shape index (κ3) is 13.1. The van der Waals surface area contributed by atoms with E-state index in [-0.39, 0.29) is 6.17 Å². The summed E-state index contributed by atoms with van der Waals surface area (Å²) < 4.78 is 2.56. The van der Waals surface area contributed by atoms with Crippen LogP contribution in [0.1, 0.15) is 82.9 Å². The van der Waals surface area contributed by atoms with Crippen LogP contribution in [0.3, 0.4) is 0 Å². The fourth-order valence-electron chi connectivity index (χ4n) is 12.4. The molecule has 0 amide bonds. The number of benzene rings is 11. The van der Waals surface area contributed by atoms with Crippen molar-refractivity contribution in [2.45, 2.75) is 88.2 Å². The number of aromatic nitrogens is 1. The molecule has 0 aliphatic heterocycles. The maximum Gasteiger partial charge on any atom is 0.104 e. The molecule has 6 nitrogen and oxygen atoms in total. The molecule has 91 heavy (non-hydrogen) atoms. The molecular formula is C85H82N6. The Morgan fingerprint density at radius 3 is 0.978 bits per heavy atom. The molecule has 12 rings (SSSR count). The third-order valence-corrected chi connectivity index (χ3v) is 17.3. The highest BCUT2D eigenvalue weighted by molar-refractivity contribution is 6.11. The normalized spacial score (nSPS) is 12.0. The van der Waals surface area contributed by atoms with E-state index >= 15 is 0 Å². The van der Waals surface area contributed by atoms with Crippen molar-refractivity contribution in [3.8, 4) is 0 Å². The number of allylic oxidation sites excluding steroid dienone is 4. The Balaban J connectivity index is 1.07. The fourth-order valence-corrected chi connectivity index (χ4v) is 12.4. The van der Waals surface area contributed by atoms with Gasteiger partial charge in [0.2, 0.25) is 0 Å². The van der Waals surface area contributed by atoms with Gasteiger partial charge >= 0.3 is 0 Å². The van der Waals surface area contributed by atoms with E-state index in [4.69, 9.17) is 6.58 Å². The number of hydrogen-bond acceptors (Lipinski definition) is 5. The minimum Gasteiger partial charge on any atom is -0.364 e. The number of nitrogens with one attached hydrogen (secondary N) is 1. The minimum atomic E-state index is -0.199. The molecule has 0 aliphatic rings. The van der Waals surface area contributed by atoms with Crippen LogP contribution in [-0.2, 0) is 0 Å². The van der Waals surface area contributed by atoms with Gasteiger partial charge in [0.25, 0.3) is 0 Å². The maximum absolute atomic E-state index is 5.05. The molecule has 11 aromatic carbocycles. The van der Waals surface area contributed by atoms with E-state index in [1.54, 1.807) is 0 Å². The largest absolute Gasteiger partial charge is 0.364 e. The zero-order valence-electron chi connectivity index (χ0n) is 54.3. The molecule has 6 heteroatoms. The molecule has 0 bridgehead atoms. The van der Waals surface area contributed by atoms with Crippen LogP contribution in [-0.4, -0.2) is 4.57 Å². The van der Waals surface area contributed by atoms with Gasteiger partial charge in [0.1, 0.15) is 6.17 Å². The van der Waals surface area contributed by atoms with E-state index in [1.807, 2.05) is 0 Å². The molecule has 1 heterocycles. The first-order chi connectivity index (χ1) is 44.2. The first-order valence-electron chi connectivity index (χ1n) is 32.0. The first kappa shape index (κ1) is 60.7. The molecule has 0 saturated heterocycles. The lowest BCUT2D eigenvalue weighted by molar-refractivity contribution is 0.541. The van der Waals surface area contributed by atoms with Gasteiger partial charge in [-0.15, -0.1) is 0 Å². The van der Waals surface area contributed by atoms with Gasteiger partial charge in [0.15, 0.2) is 0 Å². The standard InChI is InChI=1S/C85H82N6/c1-12-14-75(87(67-32-16-58(3)17-33-67)68-34-18-59(4)19-35-68)54-66(11)79-55-76(88(69-36-20-60(5)21-37-69)70-38-22-61(6)23-39-70)48-51-82(79)86-85(15-13-2)91-83-52-49-77(89(71-40-24-62(7)25-41-71)72-42-26-63(8)27-43-72)56-80(83)81-57-78(50-53-84(81)91)90(73-44-28-64(9)29-45-73)74-46-30-65(10)31-47-74/h12,14,16-57,85-86H,11,13,15H2,1-10H3/b14-12-,75-54+. The lowest BCUT2D eigenvalue weighted by Gasteiger charge is -2.30. The highest BCUT2D eigenvalue weighted by Gasteiger charge is 2.25. The van der Waals surface area contributed by atoms with Crippen molar-refractivity contribution in [3.63, 3.8) is 0 Å². The van der Waals surface area contributed by atoms with E-state index in [9.17, 15) is 0 Å². The Labute approximate surface area is 539 Å². The number of anilines is 12. The third-order valence-electron chi connectivity index (χ3n) is 17.3. The van der Waals surface area contributed by atoms with Crippen LogP contribution in [0, 0.1) is 55.4 Å². The van der Waals surface area contributed by atoms with Crippen molar-refractivity contribution in [2.24, 2.45) is 0 Å². The van der Waals surface area contributed by atoms with Crippen molar-refractivity contribution in [2.75, 3.05) is 24.9 Å². The van der Waals surface area contributed by atoms with E-state index in [1.165, 1.54) is 44.5 Å². The maximum atomic E-state index is 5.05. The van der Waals surface area contributed by atoms with Crippen LogP contribution in [0.15, 0.2) is 279 Å². The first-order valence-corrected chi connectivity index (χ1v) is 32.0. The second-order valence-corrected chi connectivity index (χ2v) is 24.6. The average Bonchev–Trinajstić information content (AvgIpc) is 1.63. The number of aryl methyl sites for hydroxylation is 8. The Hall–Kier alpha value is -10.6. The summed E-state index contributed by atoms with van der Waals surface area (Å²) in [6, 6.07) is 91.8. The quantitative estimate of drug-likeness (QED) is 0.0769. The second kappa shape index (κ2) is 26.6. The van der Waals surface area contributed by atoms with Crippen molar-refractivity contribution in [1.82, 2.24) is 4.57 Å². The summed E-state index contributed by atoms with van der Waals surface area (Å²) in [4.78, 5) is 9.48. The molecule has 1 unspecified atom stereocenters. The van der Waals surface area contributed by atoms with Gasteiger partial charge in [-0.3, -0.25) is 0 Å². The van der Waals surface area contributed by atoms with Gasteiger partial charge in [-0.2, -0.15) is 0 Å². The molecule has 0 spiro atoms. The Morgan fingerprint density at radius 2 is 0.670 bits per heavy atom. The summed E-state index contributed by atoms with van der Waals surface area (Å²) in [5, 5.41) is 6.61. The Bertz CT molecular complexity index is 4240. The van der Waals surface area contributed by atoms with Crippen molar-refractivity contribution < 1.29 is 0 Å². The molecule has 0 saturated carbocycles. The molecule has 452 valence electrons. The van der Waals surface area contributed by atoms with E-state index in [0.717, 1.165) is 120 Å². The number of nitrogens with zero attached hydrogens (tertiary/aromatic N) is 5. The Morgan fingerprint density at radius 1 is 0.385 bits per heavy atom. The van der Waals surface area contributed by atoms with Gasteiger partial charge in [0, 0.05) is 90.3 Å². The second-order valence-electron chi connectivity index (χ2n) is 24.6. The predicted molar refractivity (Wildman–Crippen MR) is 392 cm³/mol. The molecule has 12 aromatic rings. The minimum absolute atomic E-state index is 0.199. The van der Waals surface area contributed by atoms with Crippen LogP contribution in [0.4, 0.5) is 68.2 Å². The van der Waals surface area contributed by atoms with Gasteiger partial charge < -0.3 is 29.5 Å². The lowest BCUT2D eigenvalue weighted by atomic mass is 10.0. The number of hydrogen-bond donors (Lipinski definition) is 1. The summed E-state index contributed by atoms with van der Waals surface area (Å²) >= 11 is 0. The molecular weight excluding hydrogens is 1100 g/mol. The molecule has 1 N–H and O–H groups in total. The topological polar surface area (TPSA) is 29.9 Å². The van der Waals surface area contributed by atoms with Gasteiger partial charge in [-0.25, -0.2) is 0 Å². The van der Waals surface area contributed by atoms with Gasteiger partial charge in [0.05, 0.1) is 11.0 Å². The zero-order chi connectivity index (χ0) is 63.3. The molecule has 0 fully saturated rings. The zero-order valence-corrected chi connectivity index (χ0v) is 54.3. The summed E-state index contributed by atoms with van der Waals surface area (Å²) in [5.74, 6) is 0. The van der Waals surface area contributed by atoms with Gasteiger partial charge in [-0.05, 0) is 238 Å². The van der Waals surface area contributed by atoms with Gasteiger partial charge in [-0.1, -0.05) is 168 Å². The average molecular weight is 1190 g/mol. The van der Waals surface area contributed by atoms with Crippen molar-refractivity contribution in [1.29, 1.82) is 0 Å². The number of rotatable bonds is 20. The van der Waals surface area contributed by atoms with E-state index < -0.39 is 0 Å².